The lowest BCUT2D eigenvalue weighted by Crippen LogP contribution is -2.39. The SMILES string of the molecule is COCc1cccc(CN=C(N)NCCCN2CCOCC2)c1. The minimum Gasteiger partial charge on any atom is -0.380 e. The minimum atomic E-state index is 0.504. The van der Waals surface area contributed by atoms with Gasteiger partial charge in [0.05, 0.1) is 26.4 Å². The van der Waals surface area contributed by atoms with Crippen molar-refractivity contribution >= 4 is 5.96 Å². The second-order valence-corrected chi connectivity index (χ2v) is 5.69. The van der Waals surface area contributed by atoms with Gasteiger partial charge in [0.2, 0.25) is 0 Å². The molecule has 1 aromatic rings. The van der Waals surface area contributed by atoms with Gasteiger partial charge in [-0.05, 0) is 24.1 Å². The Kier molecular flexibility index (Phi) is 7.86. The lowest BCUT2D eigenvalue weighted by molar-refractivity contribution is 0.0376. The Hall–Kier alpha value is -1.63. The van der Waals surface area contributed by atoms with Gasteiger partial charge in [-0.3, -0.25) is 4.90 Å². The summed E-state index contributed by atoms with van der Waals surface area (Å²) in [5.74, 6) is 0.504. The van der Waals surface area contributed by atoms with E-state index in [1.54, 1.807) is 7.11 Å². The number of guanidine groups is 1. The van der Waals surface area contributed by atoms with Crippen LogP contribution >= 0.6 is 0 Å². The van der Waals surface area contributed by atoms with Crippen LogP contribution in [-0.4, -0.2) is 57.4 Å². The molecule has 128 valence electrons. The standard InChI is InChI=1S/C17H28N4O2/c1-22-14-16-5-2-4-15(12-16)13-20-17(18)19-6-3-7-21-8-10-23-11-9-21/h2,4-5,12H,3,6-11,13-14H2,1H3,(H3,18,19,20). The van der Waals surface area contributed by atoms with Gasteiger partial charge in [-0.2, -0.15) is 0 Å². The van der Waals surface area contributed by atoms with Gasteiger partial charge in [-0.15, -0.1) is 0 Å². The summed E-state index contributed by atoms with van der Waals surface area (Å²) in [5, 5.41) is 3.18. The molecule has 0 radical (unpaired) electrons. The zero-order valence-electron chi connectivity index (χ0n) is 14.0. The highest BCUT2D eigenvalue weighted by Gasteiger charge is 2.08. The van der Waals surface area contributed by atoms with Crippen LogP contribution in [-0.2, 0) is 22.6 Å². The third-order valence-electron chi connectivity index (χ3n) is 3.80. The third-order valence-corrected chi connectivity index (χ3v) is 3.80. The van der Waals surface area contributed by atoms with Crippen LogP contribution < -0.4 is 11.1 Å². The number of benzene rings is 1. The van der Waals surface area contributed by atoms with Gasteiger partial charge in [0.1, 0.15) is 0 Å². The van der Waals surface area contributed by atoms with E-state index in [0.29, 0.717) is 19.1 Å². The molecule has 6 heteroatoms. The van der Waals surface area contributed by atoms with E-state index in [4.69, 9.17) is 15.2 Å². The number of morpholine rings is 1. The molecule has 3 N–H and O–H groups in total. The predicted octanol–water partition coefficient (Wildman–Crippen LogP) is 0.960. The summed E-state index contributed by atoms with van der Waals surface area (Å²) >= 11 is 0. The number of hydrogen-bond acceptors (Lipinski definition) is 4. The summed E-state index contributed by atoms with van der Waals surface area (Å²) in [7, 11) is 1.70. The van der Waals surface area contributed by atoms with E-state index in [1.165, 1.54) is 0 Å². The number of ether oxygens (including phenoxy) is 2. The van der Waals surface area contributed by atoms with Crippen molar-refractivity contribution < 1.29 is 9.47 Å². The second-order valence-electron chi connectivity index (χ2n) is 5.69. The highest BCUT2D eigenvalue weighted by Crippen LogP contribution is 2.07. The average Bonchev–Trinajstić information content (AvgIpc) is 2.58. The Bertz CT molecular complexity index is 487. The van der Waals surface area contributed by atoms with Crippen LogP contribution in [0, 0.1) is 0 Å². The topological polar surface area (TPSA) is 72.1 Å². The van der Waals surface area contributed by atoms with Crippen LogP contribution in [0.15, 0.2) is 29.3 Å². The van der Waals surface area contributed by atoms with Crippen LogP contribution in [0.1, 0.15) is 17.5 Å². The van der Waals surface area contributed by atoms with Gasteiger partial charge in [-0.25, -0.2) is 4.99 Å². The average molecular weight is 320 g/mol. The van der Waals surface area contributed by atoms with Crippen LogP contribution in [0.4, 0.5) is 0 Å². The van der Waals surface area contributed by atoms with E-state index in [0.717, 1.165) is 56.9 Å². The fraction of sp³-hybridized carbons (Fsp3) is 0.588. The summed E-state index contributed by atoms with van der Waals surface area (Å²) in [6.07, 6.45) is 1.06. The molecule has 1 aliphatic heterocycles. The van der Waals surface area contributed by atoms with E-state index in [9.17, 15) is 0 Å². The molecule has 0 atom stereocenters. The van der Waals surface area contributed by atoms with E-state index < -0.39 is 0 Å². The van der Waals surface area contributed by atoms with Crippen molar-refractivity contribution in [3.05, 3.63) is 35.4 Å². The first-order chi connectivity index (χ1) is 11.3. The second kappa shape index (κ2) is 10.2. The van der Waals surface area contributed by atoms with Gasteiger partial charge in [-0.1, -0.05) is 24.3 Å². The first-order valence-corrected chi connectivity index (χ1v) is 8.18. The smallest absolute Gasteiger partial charge is 0.188 e. The molecule has 2 rings (SSSR count). The molecular formula is C17H28N4O2. The monoisotopic (exact) mass is 320 g/mol. The summed E-state index contributed by atoms with van der Waals surface area (Å²) in [5.41, 5.74) is 8.20. The number of nitrogens with two attached hydrogens (primary N) is 1. The zero-order chi connectivity index (χ0) is 16.3. The molecule has 1 fully saturated rings. The van der Waals surface area contributed by atoms with Crippen molar-refractivity contribution in [3.63, 3.8) is 0 Å². The molecule has 6 nitrogen and oxygen atoms in total. The predicted molar refractivity (Wildman–Crippen MR) is 92.4 cm³/mol. The van der Waals surface area contributed by atoms with Crippen LogP contribution in [0.5, 0.6) is 0 Å². The summed E-state index contributed by atoms with van der Waals surface area (Å²) in [6, 6.07) is 8.21. The van der Waals surface area contributed by atoms with Gasteiger partial charge >= 0.3 is 0 Å². The summed E-state index contributed by atoms with van der Waals surface area (Å²) in [4.78, 5) is 6.81. The lowest BCUT2D eigenvalue weighted by Gasteiger charge is -2.26. The maximum Gasteiger partial charge on any atom is 0.188 e. The Labute approximate surface area is 138 Å². The Morgan fingerprint density at radius 2 is 2.13 bits per heavy atom. The summed E-state index contributed by atoms with van der Waals surface area (Å²) < 4.78 is 10.5. The number of methoxy groups -OCH3 is 1. The molecule has 0 saturated carbocycles. The van der Waals surface area contributed by atoms with Crippen LogP contribution in [0.3, 0.4) is 0 Å². The molecule has 1 aliphatic rings. The Morgan fingerprint density at radius 1 is 1.35 bits per heavy atom. The van der Waals surface area contributed by atoms with Gasteiger partial charge in [0.15, 0.2) is 5.96 Å². The fourth-order valence-electron chi connectivity index (χ4n) is 2.56. The third kappa shape index (κ3) is 6.99. The molecule has 1 saturated heterocycles. The number of hydrogen-bond donors (Lipinski definition) is 2. The highest BCUT2D eigenvalue weighted by molar-refractivity contribution is 5.77. The number of nitrogens with zero attached hydrogens (tertiary/aromatic N) is 2. The minimum absolute atomic E-state index is 0.504. The normalized spacial score (nSPS) is 16.5. The van der Waals surface area contributed by atoms with Gasteiger partial charge in [0, 0.05) is 26.7 Å². The lowest BCUT2D eigenvalue weighted by atomic mass is 10.1. The first kappa shape index (κ1) is 17.7. The molecule has 1 heterocycles. The first-order valence-electron chi connectivity index (χ1n) is 8.18. The quantitative estimate of drug-likeness (QED) is 0.424. The number of nitrogens with one attached hydrogen (secondary N) is 1. The van der Waals surface area contributed by atoms with Crippen LogP contribution in [0.2, 0.25) is 0 Å². The van der Waals surface area contributed by atoms with E-state index in [1.807, 2.05) is 18.2 Å². The van der Waals surface area contributed by atoms with Crippen molar-refractivity contribution in [1.29, 1.82) is 0 Å². The van der Waals surface area contributed by atoms with Crippen LogP contribution in [0.25, 0.3) is 0 Å². The highest BCUT2D eigenvalue weighted by atomic mass is 16.5. The molecular weight excluding hydrogens is 292 g/mol. The molecule has 0 aromatic heterocycles. The maximum absolute atomic E-state index is 5.92. The molecule has 0 amide bonds. The van der Waals surface area contributed by atoms with E-state index >= 15 is 0 Å². The fourth-order valence-corrected chi connectivity index (χ4v) is 2.56. The van der Waals surface area contributed by atoms with E-state index in [-0.39, 0.29) is 0 Å². The largest absolute Gasteiger partial charge is 0.380 e. The zero-order valence-corrected chi connectivity index (χ0v) is 14.0. The molecule has 0 spiro atoms. The van der Waals surface area contributed by atoms with Crippen molar-refractivity contribution in [3.8, 4) is 0 Å². The summed E-state index contributed by atoms with van der Waals surface area (Å²) in [6.45, 7) is 6.87. The molecule has 0 unspecified atom stereocenters. The van der Waals surface area contributed by atoms with Gasteiger partial charge in [0.25, 0.3) is 0 Å². The van der Waals surface area contributed by atoms with E-state index in [2.05, 4.69) is 21.3 Å². The Balaban J connectivity index is 1.65. The van der Waals surface area contributed by atoms with Crippen molar-refractivity contribution in [2.75, 3.05) is 46.5 Å². The maximum atomic E-state index is 5.92. The molecule has 0 bridgehead atoms. The Morgan fingerprint density at radius 3 is 2.91 bits per heavy atom. The number of rotatable bonds is 8. The van der Waals surface area contributed by atoms with Crippen molar-refractivity contribution in [1.82, 2.24) is 10.2 Å². The van der Waals surface area contributed by atoms with Gasteiger partial charge < -0.3 is 20.5 Å². The number of aliphatic imine (C=N–C) groups is 1. The van der Waals surface area contributed by atoms with Crippen molar-refractivity contribution in [2.24, 2.45) is 10.7 Å². The molecule has 23 heavy (non-hydrogen) atoms. The van der Waals surface area contributed by atoms with Crippen molar-refractivity contribution in [2.45, 2.75) is 19.6 Å². The molecule has 0 aliphatic carbocycles. The molecule has 1 aromatic carbocycles.